The van der Waals surface area contributed by atoms with Gasteiger partial charge in [0.05, 0.1) is 11.7 Å². The lowest BCUT2D eigenvalue weighted by molar-refractivity contribution is -0.131. The Morgan fingerprint density at radius 2 is 2.00 bits per heavy atom. The van der Waals surface area contributed by atoms with Crippen LogP contribution in [0.25, 0.3) is 0 Å². The van der Waals surface area contributed by atoms with Crippen LogP contribution in [0.4, 0.5) is 8.78 Å². The molecule has 0 saturated heterocycles. The molecule has 20 heavy (non-hydrogen) atoms. The molecule has 2 rings (SSSR count). The minimum absolute atomic E-state index is 0.204. The molecular weight excluding hydrogens is 262 g/mol. The van der Waals surface area contributed by atoms with Crippen molar-refractivity contribution in [2.45, 2.75) is 50.7 Å². The molecule has 1 aliphatic carbocycles. The summed E-state index contributed by atoms with van der Waals surface area (Å²) >= 11 is 0. The van der Waals surface area contributed by atoms with Gasteiger partial charge in [-0.05, 0) is 36.5 Å². The third-order valence-corrected chi connectivity index (χ3v) is 4.36. The second-order valence-corrected chi connectivity index (χ2v) is 5.97. The van der Waals surface area contributed by atoms with E-state index < -0.39 is 23.3 Å². The maximum atomic E-state index is 13.2. The number of benzene rings is 1. The van der Waals surface area contributed by atoms with Gasteiger partial charge >= 0.3 is 0 Å². The van der Waals surface area contributed by atoms with Crippen LogP contribution in [0.3, 0.4) is 0 Å². The molecule has 3 atom stereocenters. The van der Waals surface area contributed by atoms with E-state index in [9.17, 15) is 13.9 Å². The highest BCUT2D eigenvalue weighted by Crippen LogP contribution is 2.38. The number of methoxy groups -OCH3 is 1. The summed E-state index contributed by atoms with van der Waals surface area (Å²) in [4.78, 5) is 0. The molecular formula is C16H22F2O2. The van der Waals surface area contributed by atoms with Crippen LogP contribution in [-0.2, 0) is 11.2 Å². The molecule has 0 amide bonds. The molecule has 2 nitrogen and oxygen atoms in total. The van der Waals surface area contributed by atoms with E-state index in [1.165, 1.54) is 12.1 Å². The largest absolute Gasteiger partial charge is 0.390 e. The Balaban J connectivity index is 2.14. The number of aliphatic hydroxyl groups excluding tert-OH is 1. The van der Waals surface area contributed by atoms with Gasteiger partial charge in [-0.15, -0.1) is 0 Å². The number of rotatable bonds is 4. The Labute approximate surface area is 118 Å². The van der Waals surface area contributed by atoms with Gasteiger partial charge in [0.25, 0.3) is 0 Å². The van der Waals surface area contributed by atoms with Crippen LogP contribution in [-0.4, -0.2) is 23.9 Å². The van der Waals surface area contributed by atoms with Crippen molar-refractivity contribution >= 4 is 0 Å². The zero-order valence-corrected chi connectivity index (χ0v) is 12.0. The van der Waals surface area contributed by atoms with Gasteiger partial charge in [0.2, 0.25) is 0 Å². The lowest BCUT2D eigenvalue weighted by Gasteiger charge is -2.42. The van der Waals surface area contributed by atoms with Crippen LogP contribution in [0.1, 0.15) is 38.2 Å². The number of hydrogen-bond acceptors (Lipinski definition) is 2. The number of halogens is 2. The monoisotopic (exact) mass is 284 g/mol. The fourth-order valence-corrected chi connectivity index (χ4v) is 3.31. The molecule has 0 bridgehead atoms. The van der Waals surface area contributed by atoms with Crippen LogP contribution < -0.4 is 0 Å². The van der Waals surface area contributed by atoms with Crippen molar-refractivity contribution in [1.29, 1.82) is 0 Å². The first-order valence-corrected chi connectivity index (χ1v) is 7.13. The Bertz CT molecular complexity index is 444. The minimum atomic E-state index is -0.753. The van der Waals surface area contributed by atoms with Crippen molar-refractivity contribution in [3.8, 4) is 0 Å². The highest BCUT2D eigenvalue weighted by Gasteiger charge is 2.41. The topological polar surface area (TPSA) is 29.5 Å². The molecule has 4 heteroatoms. The zero-order chi connectivity index (χ0) is 14.8. The van der Waals surface area contributed by atoms with Crippen molar-refractivity contribution in [2.75, 3.05) is 7.11 Å². The SMILES string of the molecule is COC1(C(O)Cc2cc(F)cc(F)c2)CCCC(C)C1. The first kappa shape index (κ1) is 15.4. The first-order chi connectivity index (χ1) is 9.45. The quantitative estimate of drug-likeness (QED) is 0.917. The van der Waals surface area contributed by atoms with E-state index >= 15 is 0 Å². The Hall–Kier alpha value is -1.00. The lowest BCUT2D eigenvalue weighted by atomic mass is 9.74. The van der Waals surface area contributed by atoms with E-state index in [-0.39, 0.29) is 6.42 Å². The van der Waals surface area contributed by atoms with Gasteiger partial charge in [-0.3, -0.25) is 0 Å². The number of hydrogen-bond donors (Lipinski definition) is 1. The highest BCUT2D eigenvalue weighted by molar-refractivity contribution is 5.19. The predicted molar refractivity (Wildman–Crippen MR) is 73.4 cm³/mol. The second kappa shape index (κ2) is 6.19. The van der Waals surface area contributed by atoms with E-state index in [2.05, 4.69) is 6.92 Å². The molecule has 1 aromatic rings. The van der Waals surface area contributed by atoms with E-state index in [0.29, 0.717) is 11.5 Å². The van der Waals surface area contributed by atoms with Crippen LogP contribution in [0.15, 0.2) is 18.2 Å². The third-order valence-electron chi connectivity index (χ3n) is 4.36. The molecule has 1 aromatic carbocycles. The number of ether oxygens (including phenoxy) is 1. The molecule has 1 N–H and O–H groups in total. The smallest absolute Gasteiger partial charge is 0.126 e. The zero-order valence-electron chi connectivity index (χ0n) is 12.0. The van der Waals surface area contributed by atoms with E-state index in [1.807, 2.05) is 0 Å². The molecule has 3 unspecified atom stereocenters. The average molecular weight is 284 g/mol. The summed E-state index contributed by atoms with van der Waals surface area (Å²) in [5, 5.41) is 10.5. The van der Waals surface area contributed by atoms with Gasteiger partial charge in [-0.2, -0.15) is 0 Å². The number of aliphatic hydroxyl groups is 1. The molecule has 1 aliphatic rings. The summed E-state index contributed by atoms with van der Waals surface area (Å²) in [6.45, 7) is 2.14. The van der Waals surface area contributed by atoms with E-state index in [0.717, 1.165) is 31.7 Å². The maximum Gasteiger partial charge on any atom is 0.126 e. The van der Waals surface area contributed by atoms with Crippen LogP contribution in [0.5, 0.6) is 0 Å². The summed E-state index contributed by atoms with van der Waals surface area (Å²) < 4.78 is 32.0. The standard InChI is InChI=1S/C16H22F2O2/c1-11-4-3-5-16(10-11,20-2)15(19)8-12-6-13(17)9-14(18)7-12/h6-7,9,11,15,19H,3-5,8,10H2,1-2H3. The molecule has 0 aromatic heterocycles. The van der Waals surface area contributed by atoms with Gasteiger partial charge in [0.15, 0.2) is 0 Å². The fourth-order valence-electron chi connectivity index (χ4n) is 3.31. The molecule has 0 aliphatic heterocycles. The Morgan fingerprint density at radius 3 is 2.55 bits per heavy atom. The van der Waals surface area contributed by atoms with E-state index in [4.69, 9.17) is 4.74 Å². The van der Waals surface area contributed by atoms with Crippen molar-refractivity contribution in [3.05, 3.63) is 35.4 Å². The Kier molecular flexibility index (Phi) is 4.76. The highest BCUT2D eigenvalue weighted by atomic mass is 19.1. The summed E-state index contributed by atoms with van der Waals surface area (Å²) in [5.41, 5.74) is -0.134. The normalized spacial score (nSPS) is 28.4. The second-order valence-electron chi connectivity index (χ2n) is 5.97. The van der Waals surface area contributed by atoms with Gasteiger partial charge in [-0.25, -0.2) is 8.78 Å². The van der Waals surface area contributed by atoms with Gasteiger partial charge in [0.1, 0.15) is 11.6 Å². The van der Waals surface area contributed by atoms with Crippen LogP contribution in [0, 0.1) is 17.6 Å². The third kappa shape index (κ3) is 3.36. The predicted octanol–water partition coefficient (Wildman–Crippen LogP) is 3.46. The van der Waals surface area contributed by atoms with Gasteiger partial charge in [0, 0.05) is 19.6 Å². The first-order valence-electron chi connectivity index (χ1n) is 7.13. The van der Waals surface area contributed by atoms with Crippen molar-refractivity contribution in [1.82, 2.24) is 0 Å². The molecule has 1 saturated carbocycles. The molecule has 0 spiro atoms. The van der Waals surface area contributed by atoms with Crippen LogP contribution >= 0.6 is 0 Å². The molecule has 0 heterocycles. The van der Waals surface area contributed by atoms with Crippen molar-refractivity contribution < 1.29 is 18.6 Å². The van der Waals surface area contributed by atoms with Gasteiger partial charge in [-0.1, -0.05) is 19.8 Å². The van der Waals surface area contributed by atoms with Crippen molar-refractivity contribution in [2.24, 2.45) is 5.92 Å². The molecule has 1 fully saturated rings. The minimum Gasteiger partial charge on any atom is -0.390 e. The van der Waals surface area contributed by atoms with Crippen LogP contribution in [0.2, 0.25) is 0 Å². The summed E-state index contributed by atoms with van der Waals surface area (Å²) in [5.74, 6) is -0.742. The van der Waals surface area contributed by atoms with E-state index in [1.54, 1.807) is 7.11 Å². The van der Waals surface area contributed by atoms with Gasteiger partial charge < -0.3 is 9.84 Å². The fraction of sp³-hybridized carbons (Fsp3) is 0.625. The summed E-state index contributed by atoms with van der Waals surface area (Å²) in [6.07, 6.45) is 3.15. The summed E-state index contributed by atoms with van der Waals surface area (Å²) in [6, 6.07) is 3.37. The summed E-state index contributed by atoms with van der Waals surface area (Å²) in [7, 11) is 1.60. The maximum absolute atomic E-state index is 13.2. The molecule has 112 valence electrons. The molecule has 0 radical (unpaired) electrons. The Morgan fingerprint density at radius 1 is 1.35 bits per heavy atom. The lowest BCUT2D eigenvalue weighted by Crippen LogP contribution is -2.48. The van der Waals surface area contributed by atoms with Crippen molar-refractivity contribution in [3.63, 3.8) is 0 Å². The average Bonchev–Trinajstić information content (AvgIpc) is 2.37.